The molecule has 45 heavy (non-hydrogen) atoms. The van der Waals surface area contributed by atoms with Gasteiger partial charge in [0.1, 0.15) is 5.82 Å². The zero-order valence-electron chi connectivity index (χ0n) is 25.6. The Bertz CT molecular complexity index is 1860. The van der Waals surface area contributed by atoms with E-state index in [0.29, 0.717) is 30.6 Å². The van der Waals surface area contributed by atoms with Crippen molar-refractivity contribution in [3.8, 4) is 22.3 Å². The summed E-state index contributed by atoms with van der Waals surface area (Å²) in [5, 5.41) is 7.21. The minimum absolute atomic E-state index is 0.0612. The van der Waals surface area contributed by atoms with E-state index in [9.17, 15) is 9.59 Å². The Labute approximate surface area is 262 Å². The van der Waals surface area contributed by atoms with Crippen molar-refractivity contribution in [1.82, 2.24) is 25.0 Å². The quantitative estimate of drug-likeness (QED) is 0.223. The topological polar surface area (TPSA) is 135 Å². The fourth-order valence-electron chi connectivity index (χ4n) is 5.77. The lowest BCUT2D eigenvalue weighted by Crippen LogP contribution is -2.38. The molecule has 0 aliphatic carbocycles. The van der Waals surface area contributed by atoms with Crippen LogP contribution >= 0.6 is 0 Å². The number of amides is 2. The van der Waals surface area contributed by atoms with E-state index in [0.717, 1.165) is 44.9 Å². The number of hydrogen-bond donors (Lipinski definition) is 3. The number of nitrogen functional groups attached to an aromatic ring is 2. The molecule has 1 atom stereocenters. The smallest absolute Gasteiger partial charge is 0.255 e. The Balaban J connectivity index is 1.07. The molecule has 0 unspecified atom stereocenters. The number of aromatic nitrogens is 3. The average Bonchev–Trinajstić information content (AvgIpc) is 3.70. The highest BCUT2D eigenvalue weighted by Crippen LogP contribution is 2.30. The summed E-state index contributed by atoms with van der Waals surface area (Å²) in [5.41, 5.74) is 20.6. The SMILES string of the molecule is Cc1cc(N)ccc1N(C)c1ccc(-c2ccc(C(=O)N3CC[C@@H](NC(=O)c4cc(-c5cnn(C)c5)cnc4N)C3)cc2)cc1. The van der Waals surface area contributed by atoms with Gasteiger partial charge < -0.3 is 26.6 Å². The number of rotatable bonds is 7. The van der Waals surface area contributed by atoms with Crippen LogP contribution in [0.3, 0.4) is 0 Å². The second kappa shape index (κ2) is 12.2. The Morgan fingerprint density at radius 1 is 0.911 bits per heavy atom. The highest BCUT2D eigenvalue weighted by atomic mass is 16.2. The zero-order chi connectivity index (χ0) is 31.7. The summed E-state index contributed by atoms with van der Waals surface area (Å²) < 4.78 is 1.69. The molecule has 1 saturated heterocycles. The van der Waals surface area contributed by atoms with Crippen molar-refractivity contribution in [1.29, 1.82) is 0 Å². The van der Waals surface area contributed by atoms with Gasteiger partial charge in [0, 0.05) is 79.4 Å². The molecule has 3 aromatic carbocycles. The average molecular weight is 601 g/mol. The van der Waals surface area contributed by atoms with Crippen molar-refractivity contribution in [2.75, 3.05) is 36.5 Å². The maximum atomic E-state index is 13.3. The van der Waals surface area contributed by atoms with Gasteiger partial charge in [-0.3, -0.25) is 14.3 Å². The van der Waals surface area contributed by atoms with Crippen molar-refractivity contribution < 1.29 is 9.59 Å². The van der Waals surface area contributed by atoms with E-state index < -0.39 is 0 Å². The highest BCUT2D eigenvalue weighted by Gasteiger charge is 2.29. The summed E-state index contributed by atoms with van der Waals surface area (Å²) in [6.07, 6.45) is 5.84. The van der Waals surface area contributed by atoms with Crippen LogP contribution in [0.25, 0.3) is 22.3 Å². The number of aryl methyl sites for hydroxylation is 2. The number of carbonyl (C=O) groups excluding carboxylic acids is 2. The summed E-state index contributed by atoms with van der Waals surface area (Å²) in [6, 6.07) is 23.4. The third kappa shape index (κ3) is 6.21. The molecule has 2 amide bonds. The molecule has 5 aromatic rings. The van der Waals surface area contributed by atoms with E-state index in [1.165, 1.54) is 0 Å². The summed E-state index contributed by atoms with van der Waals surface area (Å²) in [6.45, 7) is 3.03. The van der Waals surface area contributed by atoms with Crippen molar-refractivity contribution >= 4 is 34.7 Å². The van der Waals surface area contributed by atoms with Gasteiger partial charge in [0.15, 0.2) is 0 Å². The molecular weight excluding hydrogens is 564 g/mol. The first-order valence-electron chi connectivity index (χ1n) is 14.8. The number of hydrogen-bond acceptors (Lipinski definition) is 7. The lowest BCUT2D eigenvalue weighted by molar-refractivity contribution is 0.0783. The number of likely N-dealkylation sites (tertiary alicyclic amines) is 1. The van der Waals surface area contributed by atoms with Gasteiger partial charge >= 0.3 is 0 Å². The number of nitrogens with one attached hydrogen (secondary N) is 1. The van der Waals surface area contributed by atoms with Gasteiger partial charge in [-0.05, 0) is 78.6 Å². The molecule has 10 nitrogen and oxygen atoms in total. The second-order valence-corrected chi connectivity index (χ2v) is 11.5. The van der Waals surface area contributed by atoms with Crippen LogP contribution in [-0.2, 0) is 7.05 Å². The summed E-state index contributed by atoms with van der Waals surface area (Å²) >= 11 is 0. The van der Waals surface area contributed by atoms with Crippen LogP contribution < -0.4 is 21.7 Å². The van der Waals surface area contributed by atoms with Crippen molar-refractivity contribution in [3.63, 3.8) is 0 Å². The molecule has 1 aliphatic rings. The first-order chi connectivity index (χ1) is 21.7. The van der Waals surface area contributed by atoms with Crippen molar-refractivity contribution in [2.45, 2.75) is 19.4 Å². The number of nitrogens with zero attached hydrogens (tertiary/aromatic N) is 5. The maximum absolute atomic E-state index is 13.3. The van der Waals surface area contributed by atoms with Crippen LogP contribution in [0.4, 0.5) is 22.9 Å². The van der Waals surface area contributed by atoms with E-state index in [2.05, 4.69) is 51.5 Å². The van der Waals surface area contributed by atoms with Crippen LogP contribution in [0.5, 0.6) is 0 Å². The third-order valence-corrected chi connectivity index (χ3v) is 8.31. The third-order valence-electron chi connectivity index (χ3n) is 8.31. The van der Waals surface area contributed by atoms with Crippen LogP contribution in [0.15, 0.2) is 91.4 Å². The first kappa shape index (κ1) is 29.4. The fourth-order valence-corrected chi connectivity index (χ4v) is 5.77. The van der Waals surface area contributed by atoms with E-state index in [1.54, 1.807) is 28.0 Å². The van der Waals surface area contributed by atoms with E-state index in [4.69, 9.17) is 11.5 Å². The predicted molar refractivity (Wildman–Crippen MR) is 178 cm³/mol. The standard InChI is InChI=1S/C35H36N8O2/c1-22-16-28(36)10-13-32(22)42(3)30-11-8-24(9-12-30)23-4-6-25(7-5-23)35(45)43-15-14-29(21-43)40-34(44)31-17-26(18-38-33(31)37)27-19-39-41(2)20-27/h4-13,16-20,29H,14-15,21,36H2,1-3H3,(H2,37,38)(H,40,44)/t29-/m1/s1. The molecule has 3 heterocycles. The van der Waals surface area contributed by atoms with E-state index in [1.807, 2.05) is 62.8 Å². The molecule has 10 heteroatoms. The van der Waals surface area contributed by atoms with Gasteiger partial charge in [-0.25, -0.2) is 4.98 Å². The number of carbonyl (C=O) groups is 2. The monoisotopic (exact) mass is 600 g/mol. The zero-order valence-corrected chi connectivity index (χ0v) is 25.6. The minimum Gasteiger partial charge on any atom is -0.399 e. The summed E-state index contributed by atoms with van der Waals surface area (Å²) in [7, 11) is 3.86. The second-order valence-electron chi connectivity index (χ2n) is 11.5. The Morgan fingerprint density at radius 2 is 1.62 bits per heavy atom. The lowest BCUT2D eigenvalue weighted by atomic mass is 10.0. The molecule has 6 rings (SSSR count). The molecule has 2 aromatic heterocycles. The summed E-state index contributed by atoms with van der Waals surface area (Å²) in [5.74, 6) is -0.214. The molecule has 0 radical (unpaired) electrons. The Kier molecular flexibility index (Phi) is 7.95. The number of anilines is 4. The van der Waals surface area contributed by atoms with Gasteiger partial charge in [0.25, 0.3) is 11.8 Å². The number of nitrogens with two attached hydrogens (primary N) is 2. The molecule has 1 fully saturated rings. The van der Waals surface area contributed by atoms with E-state index in [-0.39, 0.29) is 23.7 Å². The molecule has 0 bridgehead atoms. The molecular formula is C35H36N8O2. The maximum Gasteiger partial charge on any atom is 0.255 e. The largest absolute Gasteiger partial charge is 0.399 e. The molecule has 0 saturated carbocycles. The van der Waals surface area contributed by atoms with Crippen LogP contribution in [-0.4, -0.2) is 57.7 Å². The Morgan fingerprint density at radius 3 is 2.29 bits per heavy atom. The molecule has 0 spiro atoms. The summed E-state index contributed by atoms with van der Waals surface area (Å²) in [4.78, 5) is 34.6. The van der Waals surface area contributed by atoms with E-state index >= 15 is 0 Å². The van der Waals surface area contributed by atoms with Gasteiger partial charge in [0.05, 0.1) is 11.8 Å². The van der Waals surface area contributed by atoms with Gasteiger partial charge in [-0.2, -0.15) is 5.10 Å². The molecule has 5 N–H and O–H groups in total. The van der Waals surface area contributed by atoms with Gasteiger partial charge in [-0.15, -0.1) is 0 Å². The van der Waals surface area contributed by atoms with Crippen LogP contribution in [0.1, 0.15) is 32.7 Å². The number of benzene rings is 3. The molecule has 228 valence electrons. The van der Waals surface area contributed by atoms with Crippen molar-refractivity contribution in [2.24, 2.45) is 7.05 Å². The molecule has 1 aliphatic heterocycles. The number of pyridine rings is 1. The normalized spacial score (nSPS) is 14.4. The fraction of sp³-hybridized carbons (Fsp3) is 0.200. The van der Waals surface area contributed by atoms with Crippen LogP contribution in [0.2, 0.25) is 0 Å². The van der Waals surface area contributed by atoms with Gasteiger partial charge in [0.2, 0.25) is 0 Å². The first-order valence-corrected chi connectivity index (χ1v) is 14.8. The minimum atomic E-state index is -0.310. The highest BCUT2D eigenvalue weighted by molar-refractivity contribution is 6.00. The lowest BCUT2D eigenvalue weighted by Gasteiger charge is -2.22. The predicted octanol–water partition coefficient (Wildman–Crippen LogP) is 5.03. The van der Waals surface area contributed by atoms with Crippen LogP contribution in [0, 0.1) is 6.92 Å². The Hall–Kier alpha value is -5.64. The van der Waals surface area contributed by atoms with Gasteiger partial charge in [-0.1, -0.05) is 24.3 Å². The van der Waals surface area contributed by atoms with Crippen molar-refractivity contribution in [3.05, 3.63) is 108 Å².